The second-order valence-corrected chi connectivity index (χ2v) is 8.84. The second-order valence-electron chi connectivity index (χ2n) is 8.84. The molecular weight excluding hydrogens is 428 g/mol. The lowest BCUT2D eigenvalue weighted by Gasteiger charge is -2.23. The Morgan fingerprint density at radius 3 is 2.20 bits per heavy atom. The van der Waals surface area contributed by atoms with Crippen LogP contribution in [0.2, 0.25) is 0 Å². The average molecular weight is 455 g/mol. The number of nitrogens with zero attached hydrogens (tertiary/aromatic N) is 1. The first-order valence-corrected chi connectivity index (χ1v) is 11.8. The quantitative estimate of drug-likeness (QED) is 0.286. The zero-order valence-electron chi connectivity index (χ0n) is 19.6. The Hall–Kier alpha value is -4.34. The molecule has 5 aromatic carbocycles. The molecule has 0 saturated carbocycles. The van der Waals surface area contributed by atoms with Crippen LogP contribution in [-0.4, -0.2) is 7.05 Å². The van der Waals surface area contributed by atoms with Crippen molar-refractivity contribution in [2.45, 2.75) is 6.54 Å². The summed E-state index contributed by atoms with van der Waals surface area (Å²) in [7, 11) is 2.10. The molecule has 0 radical (unpaired) electrons. The van der Waals surface area contributed by atoms with Gasteiger partial charge in [-0.15, -0.1) is 0 Å². The Bertz CT molecular complexity index is 1650. The number of hydrogen-bond acceptors (Lipinski definition) is 3. The molecule has 0 spiro atoms. The van der Waals surface area contributed by atoms with Crippen LogP contribution in [0.15, 0.2) is 120 Å². The number of rotatable bonds is 5. The highest BCUT2D eigenvalue weighted by Crippen LogP contribution is 2.36. The van der Waals surface area contributed by atoms with Gasteiger partial charge in [0.2, 0.25) is 0 Å². The minimum absolute atomic E-state index is 0.532. The van der Waals surface area contributed by atoms with E-state index in [1.807, 2.05) is 18.2 Å². The van der Waals surface area contributed by atoms with Gasteiger partial charge in [-0.05, 0) is 58.7 Å². The number of nitrogens with two attached hydrogens (primary N) is 1. The molecule has 6 rings (SSSR count). The zero-order valence-corrected chi connectivity index (χ0v) is 19.6. The summed E-state index contributed by atoms with van der Waals surface area (Å²) in [5.74, 6) is 0. The number of anilines is 2. The van der Waals surface area contributed by atoms with Crippen LogP contribution in [0.1, 0.15) is 5.56 Å². The molecule has 2 N–H and O–H groups in total. The summed E-state index contributed by atoms with van der Waals surface area (Å²) in [4.78, 5) is 2.22. The van der Waals surface area contributed by atoms with Gasteiger partial charge in [-0.3, -0.25) is 0 Å². The highest BCUT2D eigenvalue weighted by atomic mass is 16.3. The van der Waals surface area contributed by atoms with Crippen LogP contribution in [0.3, 0.4) is 0 Å². The van der Waals surface area contributed by atoms with Gasteiger partial charge in [0, 0.05) is 41.3 Å². The first-order valence-electron chi connectivity index (χ1n) is 11.8. The Labute approximate surface area is 205 Å². The molecule has 0 aliphatic rings. The van der Waals surface area contributed by atoms with Crippen molar-refractivity contribution in [3.05, 3.63) is 121 Å². The van der Waals surface area contributed by atoms with Gasteiger partial charge in [-0.25, -0.2) is 0 Å². The third-order valence-electron chi connectivity index (χ3n) is 6.71. The highest BCUT2D eigenvalue weighted by molar-refractivity contribution is 6.05. The Balaban J connectivity index is 1.34. The molecule has 0 unspecified atom stereocenters. The van der Waals surface area contributed by atoms with Crippen molar-refractivity contribution >= 4 is 33.3 Å². The minimum atomic E-state index is 0.532. The summed E-state index contributed by atoms with van der Waals surface area (Å²) in [6.45, 7) is 0.532. The van der Waals surface area contributed by atoms with E-state index in [1.165, 1.54) is 11.1 Å². The fourth-order valence-electron chi connectivity index (χ4n) is 4.79. The lowest BCUT2D eigenvalue weighted by Crippen LogP contribution is -2.11. The third kappa shape index (κ3) is 3.86. The predicted molar refractivity (Wildman–Crippen MR) is 147 cm³/mol. The molecular formula is C32H26N2O. The second kappa shape index (κ2) is 8.79. The summed E-state index contributed by atoms with van der Waals surface area (Å²) >= 11 is 0. The molecule has 35 heavy (non-hydrogen) atoms. The fraction of sp³-hybridized carbons (Fsp3) is 0.0625. The number of para-hydroxylation sites is 2. The molecule has 0 saturated heterocycles. The van der Waals surface area contributed by atoms with Gasteiger partial charge < -0.3 is 15.1 Å². The van der Waals surface area contributed by atoms with E-state index in [-0.39, 0.29) is 0 Å². The highest BCUT2D eigenvalue weighted by Gasteiger charge is 2.12. The maximum absolute atomic E-state index is 6.09. The van der Waals surface area contributed by atoms with Crippen LogP contribution in [0.5, 0.6) is 0 Å². The van der Waals surface area contributed by atoms with E-state index in [0.29, 0.717) is 6.54 Å². The van der Waals surface area contributed by atoms with E-state index in [1.54, 1.807) is 0 Å². The van der Waals surface area contributed by atoms with Crippen molar-refractivity contribution < 1.29 is 4.42 Å². The molecule has 1 heterocycles. The lowest BCUT2D eigenvalue weighted by atomic mass is 9.98. The fourth-order valence-corrected chi connectivity index (χ4v) is 4.79. The molecule has 1 aromatic heterocycles. The van der Waals surface area contributed by atoms with Crippen molar-refractivity contribution in [1.82, 2.24) is 0 Å². The van der Waals surface area contributed by atoms with Crippen molar-refractivity contribution in [2.24, 2.45) is 5.73 Å². The molecule has 0 aliphatic heterocycles. The predicted octanol–water partition coefficient (Wildman–Crippen LogP) is 8.15. The van der Waals surface area contributed by atoms with Gasteiger partial charge in [0.05, 0.1) is 0 Å². The average Bonchev–Trinajstić information content (AvgIpc) is 3.31. The molecule has 0 amide bonds. The molecule has 0 atom stereocenters. The maximum Gasteiger partial charge on any atom is 0.136 e. The molecule has 170 valence electrons. The minimum Gasteiger partial charge on any atom is -0.456 e. The van der Waals surface area contributed by atoms with E-state index in [4.69, 9.17) is 10.2 Å². The van der Waals surface area contributed by atoms with E-state index in [0.717, 1.165) is 50.0 Å². The van der Waals surface area contributed by atoms with Crippen molar-refractivity contribution in [3.8, 4) is 22.3 Å². The summed E-state index contributed by atoms with van der Waals surface area (Å²) in [6.07, 6.45) is 0. The lowest BCUT2D eigenvalue weighted by molar-refractivity contribution is 0.669. The summed E-state index contributed by atoms with van der Waals surface area (Å²) in [5, 5.41) is 2.30. The molecule has 6 aromatic rings. The van der Waals surface area contributed by atoms with Crippen molar-refractivity contribution in [1.29, 1.82) is 0 Å². The number of hydrogen-bond donors (Lipinski definition) is 1. The van der Waals surface area contributed by atoms with Crippen molar-refractivity contribution in [3.63, 3.8) is 0 Å². The van der Waals surface area contributed by atoms with Gasteiger partial charge in [-0.2, -0.15) is 0 Å². The van der Waals surface area contributed by atoms with E-state index < -0.39 is 0 Å². The summed E-state index contributed by atoms with van der Waals surface area (Å²) in [5.41, 5.74) is 15.8. The smallest absolute Gasteiger partial charge is 0.136 e. The normalized spacial score (nSPS) is 11.3. The molecule has 3 nitrogen and oxygen atoms in total. The van der Waals surface area contributed by atoms with Crippen LogP contribution in [0.25, 0.3) is 44.2 Å². The van der Waals surface area contributed by atoms with Gasteiger partial charge in [0.25, 0.3) is 0 Å². The van der Waals surface area contributed by atoms with Crippen LogP contribution in [-0.2, 0) is 6.54 Å². The van der Waals surface area contributed by atoms with Crippen molar-refractivity contribution in [2.75, 3.05) is 11.9 Å². The number of fused-ring (bicyclic) bond motifs is 3. The third-order valence-corrected chi connectivity index (χ3v) is 6.71. The van der Waals surface area contributed by atoms with Crippen LogP contribution in [0, 0.1) is 0 Å². The van der Waals surface area contributed by atoms with E-state index in [9.17, 15) is 0 Å². The monoisotopic (exact) mass is 454 g/mol. The first kappa shape index (κ1) is 21.2. The number of furan rings is 1. The zero-order chi connectivity index (χ0) is 23.8. The van der Waals surface area contributed by atoms with Crippen LogP contribution < -0.4 is 10.6 Å². The maximum atomic E-state index is 6.09. The standard InChI is InChI=1S/C32H26N2O/c1-34(26-8-6-7-22(19-26)21-33)30-11-4-2-9-27(30)24-15-13-23(14-16-24)25-17-18-29-28-10-3-5-12-31(28)35-32(29)20-25/h2-20H,21,33H2,1H3. The van der Waals surface area contributed by atoms with E-state index in [2.05, 4.69) is 109 Å². The molecule has 0 bridgehead atoms. The van der Waals surface area contributed by atoms with Gasteiger partial charge in [0.15, 0.2) is 0 Å². The van der Waals surface area contributed by atoms with Gasteiger partial charge in [-0.1, -0.05) is 78.9 Å². The van der Waals surface area contributed by atoms with Gasteiger partial charge in [0.1, 0.15) is 11.2 Å². The topological polar surface area (TPSA) is 42.4 Å². The Morgan fingerprint density at radius 2 is 1.34 bits per heavy atom. The Morgan fingerprint density at radius 1 is 0.629 bits per heavy atom. The molecule has 0 fully saturated rings. The van der Waals surface area contributed by atoms with Gasteiger partial charge >= 0.3 is 0 Å². The molecule has 3 heteroatoms. The van der Waals surface area contributed by atoms with Crippen LogP contribution in [0.4, 0.5) is 11.4 Å². The SMILES string of the molecule is CN(c1cccc(CN)c1)c1ccccc1-c1ccc(-c2ccc3c(c2)oc2ccccc23)cc1. The first-order chi connectivity index (χ1) is 17.2. The van der Waals surface area contributed by atoms with Crippen LogP contribution >= 0.6 is 0 Å². The van der Waals surface area contributed by atoms with E-state index >= 15 is 0 Å². The largest absolute Gasteiger partial charge is 0.456 e. The molecule has 0 aliphatic carbocycles. The number of benzene rings is 5. The Kier molecular flexibility index (Phi) is 5.32. The summed E-state index contributed by atoms with van der Waals surface area (Å²) in [6, 6.07) is 40.3. The summed E-state index contributed by atoms with van der Waals surface area (Å²) < 4.78 is 6.09.